The maximum Gasteiger partial charge on any atom is 0.426 e. The highest BCUT2D eigenvalue weighted by Gasteiger charge is 2.08. The first kappa shape index (κ1) is 12.3. The summed E-state index contributed by atoms with van der Waals surface area (Å²) in [6.45, 7) is 1.87. The number of rotatable bonds is 2. The second-order valence-electron chi connectivity index (χ2n) is 2.66. The van der Waals surface area contributed by atoms with Gasteiger partial charge in [-0.15, -0.1) is 0 Å². The van der Waals surface area contributed by atoms with Gasteiger partial charge in [0.15, 0.2) is 0 Å². The minimum atomic E-state index is -0.738. The highest BCUT2D eigenvalue weighted by molar-refractivity contribution is 6.30. The molecule has 0 unspecified atom stereocenters. The molecule has 0 bridgehead atoms. The van der Waals surface area contributed by atoms with Crippen LogP contribution in [0, 0.1) is 0 Å². The van der Waals surface area contributed by atoms with Crippen LogP contribution in [0.1, 0.15) is 17.4 Å². The third kappa shape index (κ3) is 3.74. The summed E-state index contributed by atoms with van der Waals surface area (Å²) in [6, 6.07) is 2.92. The van der Waals surface area contributed by atoms with E-state index in [0.29, 0.717) is 5.02 Å². The summed E-state index contributed by atoms with van der Waals surface area (Å²) in [6.07, 6.45) is 0.652. The first-order valence-electron chi connectivity index (χ1n) is 4.48. The van der Waals surface area contributed by atoms with Crippen LogP contribution in [-0.2, 0) is 4.74 Å². The van der Waals surface area contributed by atoms with Crippen molar-refractivity contribution in [1.29, 1.82) is 0 Å². The third-order valence-corrected chi connectivity index (χ3v) is 1.74. The van der Waals surface area contributed by atoms with Crippen molar-refractivity contribution < 1.29 is 14.3 Å². The summed E-state index contributed by atoms with van der Waals surface area (Å²) in [5.41, 5.74) is 4.28. The van der Waals surface area contributed by atoms with Gasteiger partial charge in [0.05, 0.1) is 6.61 Å². The SMILES string of the molecule is CCOC(=O)NNC(=O)c1cc(Cl)ccn1. The molecule has 0 aromatic carbocycles. The molecule has 2 amide bonds. The maximum atomic E-state index is 11.4. The lowest BCUT2D eigenvalue weighted by Crippen LogP contribution is -2.42. The van der Waals surface area contributed by atoms with Gasteiger partial charge in [-0.1, -0.05) is 11.6 Å². The van der Waals surface area contributed by atoms with Gasteiger partial charge in [0.1, 0.15) is 5.69 Å². The van der Waals surface area contributed by atoms with Crippen LogP contribution in [0.15, 0.2) is 18.3 Å². The van der Waals surface area contributed by atoms with Crippen LogP contribution >= 0.6 is 11.6 Å². The largest absolute Gasteiger partial charge is 0.449 e. The molecule has 0 saturated heterocycles. The molecule has 0 radical (unpaired) electrons. The molecule has 0 aliphatic heterocycles. The average molecular weight is 244 g/mol. The predicted molar refractivity (Wildman–Crippen MR) is 56.9 cm³/mol. The van der Waals surface area contributed by atoms with Crippen LogP contribution in [-0.4, -0.2) is 23.6 Å². The van der Waals surface area contributed by atoms with E-state index in [0.717, 1.165) is 0 Å². The van der Waals surface area contributed by atoms with E-state index in [1.54, 1.807) is 6.92 Å². The van der Waals surface area contributed by atoms with Gasteiger partial charge < -0.3 is 4.74 Å². The van der Waals surface area contributed by atoms with Crippen LogP contribution in [0.2, 0.25) is 5.02 Å². The minimum Gasteiger partial charge on any atom is -0.449 e. The number of halogens is 1. The topological polar surface area (TPSA) is 80.3 Å². The lowest BCUT2D eigenvalue weighted by atomic mass is 10.3. The Hall–Kier alpha value is -1.82. The summed E-state index contributed by atoms with van der Waals surface area (Å²) >= 11 is 5.67. The third-order valence-electron chi connectivity index (χ3n) is 1.51. The summed E-state index contributed by atoms with van der Waals surface area (Å²) < 4.78 is 4.54. The summed E-state index contributed by atoms with van der Waals surface area (Å²) in [5.74, 6) is -0.574. The molecule has 2 N–H and O–H groups in total. The van der Waals surface area contributed by atoms with Crippen LogP contribution in [0.4, 0.5) is 4.79 Å². The zero-order chi connectivity index (χ0) is 12.0. The molecule has 16 heavy (non-hydrogen) atoms. The second-order valence-corrected chi connectivity index (χ2v) is 3.10. The fourth-order valence-corrected chi connectivity index (χ4v) is 1.03. The van der Waals surface area contributed by atoms with Crippen molar-refractivity contribution in [2.75, 3.05) is 6.61 Å². The van der Waals surface area contributed by atoms with Crippen molar-refractivity contribution in [2.24, 2.45) is 0 Å². The number of carbonyl (C=O) groups is 2. The van der Waals surface area contributed by atoms with Crippen molar-refractivity contribution in [2.45, 2.75) is 6.92 Å². The molecule has 1 aromatic heterocycles. The molecular weight excluding hydrogens is 234 g/mol. The monoisotopic (exact) mass is 243 g/mol. The number of hydrogen-bond donors (Lipinski definition) is 2. The number of pyridine rings is 1. The summed E-state index contributed by atoms with van der Waals surface area (Å²) in [7, 11) is 0. The molecule has 0 atom stereocenters. The molecule has 0 saturated carbocycles. The molecular formula is C9H10ClN3O3. The number of nitrogens with one attached hydrogen (secondary N) is 2. The Bertz CT molecular complexity index is 397. The lowest BCUT2D eigenvalue weighted by molar-refractivity contribution is 0.0908. The van der Waals surface area contributed by atoms with E-state index in [-0.39, 0.29) is 12.3 Å². The van der Waals surface area contributed by atoms with Crippen LogP contribution < -0.4 is 10.9 Å². The zero-order valence-electron chi connectivity index (χ0n) is 8.49. The van der Waals surface area contributed by atoms with E-state index >= 15 is 0 Å². The molecule has 0 spiro atoms. The van der Waals surface area contributed by atoms with Gasteiger partial charge in [0.2, 0.25) is 0 Å². The normalized spacial score (nSPS) is 9.38. The van der Waals surface area contributed by atoms with E-state index in [4.69, 9.17) is 11.6 Å². The van der Waals surface area contributed by atoms with Gasteiger partial charge in [0, 0.05) is 11.2 Å². The number of carbonyl (C=O) groups excluding carboxylic acids is 2. The zero-order valence-corrected chi connectivity index (χ0v) is 9.25. The predicted octanol–water partition coefficient (Wildman–Crippen LogP) is 1.13. The highest BCUT2D eigenvalue weighted by atomic mass is 35.5. The lowest BCUT2D eigenvalue weighted by Gasteiger charge is -2.06. The van der Waals surface area contributed by atoms with Crippen molar-refractivity contribution >= 4 is 23.6 Å². The Labute approximate surface area is 96.9 Å². The smallest absolute Gasteiger partial charge is 0.426 e. The Kier molecular flexibility index (Phi) is 4.53. The molecule has 7 heteroatoms. The van der Waals surface area contributed by atoms with Gasteiger partial charge in [-0.3, -0.25) is 15.2 Å². The number of nitrogens with zero attached hydrogens (tertiary/aromatic N) is 1. The van der Waals surface area contributed by atoms with Crippen LogP contribution in [0.25, 0.3) is 0 Å². The van der Waals surface area contributed by atoms with Crippen molar-refractivity contribution in [3.05, 3.63) is 29.0 Å². The van der Waals surface area contributed by atoms with E-state index in [1.165, 1.54) is 18.3 Å². The fraction of sp³-hybridized carbons (Fsp3) is 0.222. The van der Waals surface area contributed by atoms with Crippen molar-refractivity contribution in [3.63, 3.8) is 0 Å². The maximum absolute atomic E-state index is 11.4. The van der Waals surface area contributed by atoms with Gasteiger partial charge in [-0.2, -0.15) is 0 Å². The number of ether oxygens (including phenoxy) is 1. The Balaban J connectivity index is 2.50. The van der Waals surface area contributed by atoms with Gasteiger partial charge in [-0.25, -0.2) is 10.2 Å². The quantitative estimate of drug-likeness (QED) is 0.763. The standard InChI is InChI=1S/C9H10ClN3O3/c1-2-16-9(15)13-12-8(14)7-5-6(10)3-4-11-7/h3-5H,2H2,1H3,(H,12,14)(H,13,15). The number of hydrogen-bond acceptors (Lipinski definition) is 4. The molecule has 1 aromatic rings. The van der Waals surface area contributed by atoms with Gasteiger partial charge in [0.25, 0.3) is 5.91 Å². The van der Waals surface area contributed by atoms with Crippen LogP contribution in [0.5, 0.6) is 0 Å². The summed E-state index contributed by atoms with van der Waals surface area (Å²) in [5, 5.41) is 0.385. The Morgan fingerprint density at radius 1 is 1.50 bits per heavy atom. The number of hydrazine groups is 1. The van der Waals surface area contributed by atoms with Crippen LogP contribution in [0.3, 0.4) is 0 Å². The van der Waals surface area contributed by atoms with Gasteiger partial charge >= 0.3 is 6.09 Å². The molecule has 1 heterocycles. The Morgan fingerprint density at radius 2 is 2.25 bits per heavy atom. The molecule has 1 rings (SSSR count). The highest BCUT2D eigenvalue weighted by Crippen LogP contribution is 2.07. The molecule has 86 valence electrons. The number of aromatic nitrogens is 1. The molecule has 0 aliphatic carbocycles. The summed E-state index contributed by atoms with van der Waals surface area (Å²) in [4.78, 5) is 26.0. The first-order valence-corrected chi connectivity index (χ1v) is 4.86. The van der Waals surface area contributed by atoms with E-state index in [9.17, 15) is 9.59 Å². The molecule has 0 aliphatic rings. The minimum absolute atomic E-state index is 0.101. The second kappa shape index (κ2) is 5.92. The number of amides is 2. The first-order chi connectivity index (χ1) is 7.63. The Morgan fingerprint density at radius 3 is 2.88 bits per heavy atom. The molecule has 6 nitrogen and oxygen atoms in total. The fourth-order valence-electron chi connectivity index (χ4n) is 0.868. The molecule has 0 fully saturated rings. The van der Waals surface area contributed by atoms with Gasteiger partial charge in [-0.05, 0) is 19.1 Å². The van der Waals surface area contributed by atoms with Crippen molar-refractivity contribution in [1.82, 2.24) is 15.8 Å². The van der Waals surface area contributed by atoms with E-state index < -0.39 is 12.0 Å². The van der Waals surface area contributed by atoms with Crippen molar-refractivity contribution in [3.8, 4) is 0 Å². The van der Waals surface area contributed by atoms with E-state index in [2.05, 4.69) is 20.6 Å². The van der Waals surface area contributed by atoms with E-state index in [1.807, 2.05) is 0 Å². The average Bonchev–Trinajstić information content (AvgIpc) is 2.26.